The predicted molar refractivity (Wildman–Crippen MR) is 86.5 cm³/mol. The summed E-state index contributed by atoms with van der Waals surface area (Å²) in [4.78, 5) is 10.3. The van der Waals surface area contributed by atoms with E-state index in [0.717, 1.165) is 36.2 Å². The van der Waals surface area contributed by atoms with E-state index >= 15 is 0 Å². The lowest BCUT2D eigenvalue weighted by Gasteiger charge is -2.05. The molecular weight excluding hydrogens is 294 g/mol. The van der Waals surface area contributed by atoms with Crippen LogP contribution in [0, 0.1) is 21.4 Å². The number of nitrogens with zero attached hydrogens (tertiary/aromatic N) is 4. The fourth-order valence-electron chi connectivity index (χ4n) is 2.33. The van der Waals surface area contributed by atoms with Gasteiger partial charge in [0.25, 0.3) is 5.69 Å². The van der Waals surface area contributed by atoms with Gasteiger partial charge >= 0.3 is 0 Å². The summed E-state index contributed by atoms with van der Waals surface area (Å²) in [6.45, 7) is 1.52. The van der Waals surface area contributed by atoms with E-state index in [1.165, 1.54) is 12.1 Å². The molecule has 0 spiro atoms. The molecule has 0 aliphatic heterocycles. The van der Waals surface area contributed by atoms with Gasteiger partial charge in [0, 0.05) is 49.5 Å². The first kappa shape index (κ1) is 16.6. The van der Waals surface area contributed by atoms with E-state index in [1.54, 1.807) is 16.8 Å². The van der Waals surface area contributed by atoms with Crippen LogP contribution < -0.4 is 5.32 Å². The summed E-state index contributed by atoms with van der Waals surface area (Å²) in [6, 6.07) is 8.55. The minimum atomic E-state index is -0.411. The maximum Gasteiger partial charge on any atom is 0.269 e. The Morgan fingerprint density at radius 3 is 2.74 bits per heavy atom. The number of benzene rings is 1. The minimum Gasteiger partial charge on any atom is -0.313 e. The lowest BCUT2D eigenvalue weighted by Crippen LogP contribution is -2.14. The smallest absolute Gasteiger partial charge is 0.269 e. The Kier molecular flexibility index (Phi) is 5.83. The topological polar surface area (TPSA) is 96.8 Å². The predicted octanol–water partition coefficient (Wildman–Crippen LogP) is 2.78. The summed E-state index contributed by atoms with van der Waals surface area (Å²) in [5, 5.41) is 27.0. The van der Waals surface area contributed by atoms with Crippen LogP contribution in [0.25, 0.3) is 11.3 Å². The van der Waals surface area contributed by atoms with Gasteiger partial charge in [-0.15, -0.1) is 0 Å². The molecule has 0 aliphatic carbocycles. The molecule has 1 heterocycles. The van der Waals surface area contributed by atoms with Crippen molar-refractivity contribution in [1.29, 1.82) is 5.26 Å². The molecule has 0 unspecified atom stereocenters. The van der Waals surface area contributed by atoms with Gasteiger partial charge < -0.3 is 5.32 Å². The number of nitro benzene ring substituents is 1. The van der Waals surface area contributed by atoms with Crippen LogP contribution in [-0.2, 0) is 13.6 Å². The van der Waals surface area contributed by atoms with Crippen molar-refractivity contribution < 1.29 is 4.92 Å². The van der Waals surface area contributed by atoms with Gasteiger partial charge in [0.1, 0.15) is 0 Å². The molecule has 0 saturated carbocycles. The number of aromatic nitrogens is 2. The first-order valence-electron chi connectivity index (χ1n) is 7.47. The Morgan fingerprint density at radius 2 is 2.09 bits per heavy atom. The van der Waals surface area contributed by atoms with Gasteiger partial charge in [-0.25, -0.2) is 0 Å². The SMILES string of the molecule is Cn1cc(CNCCCCC#N)c(-c2ccc([N+](=O)[O-])cc2)n1. The largest absolute Gasteiger partial charge is 0.313 e. The molecule has 0 saturated heterocycles. The molecule has 2 aromatic rings. The Balaban J connectivity index is 2.02. The highest BCUT2D eigenvalue weighted by Gasteiger charge is 2.12. The number of nitriles is 1. The number of hydrogen-bond acceptors (Lipinski definition) is 5. The number of unbranched alkanes of at least 4 members (excludes halogenated alkanes) is 2. The first-order chi connectivity index (χ1) is 11.1. The van der Waals surface area contributed by atoms with Crippen LogP contribution in [-0.4, -0.2) is 21.2 Å². The van der Waals surface area contributed by atoms with Crippen molar-refractivity contribution in [3.8, 4) is 17.3 Å². The molecule has 23 heavy (non-hydrogen) atoms. The number of non-ortho nitro benzene ring substituents is 1. The van der Waals surface area contributed by atoms with Crippen LogP contribution in [0.2, 0.25) is 0 Å². The van der Waals surface area contributed by atoms with Gasteiger partial charge in [0.05, 0.1) is 16.7 Å². The van der Waals surface area contributed by atoms with Gasteiger partial charge in [-0.1, -0.05) is 0 Å². The minimum absolute atomic E-state index is 0.0712. The zero-order valence-electron chi connectivity index (χ0n) is 13.0. The normalized spacial score (nSPS) is 10.4. The van der Waals surface area contributed by atoms with Crippen molar-refractivity contribution >= 4 is 5.69 Å². The molecule has 0 radical (unpaired) electrons. The summed E-state index contributed by atoms with van der Waals surface area (Å²) in [5.74, 6) is 0. The van der Waals surface area contributed by atoms with Crippen LogP contribution in [0.15, 0.2) is 30.5 Å². The molecule has 0 fully saturated rings. The third-order valence-electron chi connectivity index (χ3n) is 3.46. The van der Waals surface area contributed by atoms with Crippen LogP contribution in [0.3, 0.4) is 0 Å². The Morgan fingerprint density at radius 1 is 1.35 bits per heavy atom. The Labute approximate surface area is 134 Å². The lowest BCUT2D eigenvalue weighted by atomic mass is 10.1. The van der Waals surface area contributed by atoms with Gasteiger partial charge in [0.2, 0.25) is 0 Å². The van der Waals surface area contributed by atoms with Crippen LogP contribution in [0.1, 0.15) is 24.8 Å². The molecule has 1 aromatic heterocycles. The fraction of sp³-hybridized carbons (Fsp3) is 0.375. The standard InChI is InChI=1S/C16H19N5O2/c1-20-12-14(11-18-10-4-2-3-9-17)16(19-20)13-5-7-15(8-6-13)21(22)23/h5-8,12,18H,2-4,10-11H2,1H3. The quantitative estimate of drug-likeness (QED) is 0.459. The zero-order valence-corrected chi connectivity index (χ0v) is 13.0. The second-order valence-corrected chi connectivity index (χ2v) is 5.27. The van der Waals surface area contributed by atoms with E-state index in [9.17, 15) is 10.1 Å². The van der Waals surface area contributed by atoms with Crippen LogP contribution in [0.5, 0.6) is 0 Å². The molecule has 1 aromatic carbocycles. The third kappa shape index (κ3) is 4.63. The highest BCUT2D eigenvalue weighted by molar-refractivity contribution is 5.64. The monoisotopic (exact) mass is 313 g/mol. The Hall–Kier alpha value is -2.72. The molecule has 120 valence electrons. The molecule has 2 rings (SSSR count). The number of nitrogens with one attached hydrogen (secondary N) is 1. The fourth-order valence-corrected chi connectivity index (χ4v) is 2.33. The van der Waals surface area contributed by atoms with E-state index in [4.69, 9.17) is 5.26 Å². The van der Waals surface area contributed by atoms with Crippen molar-refractivity contribution in [3.63, 3.8) is 0 Å². The van der Waals surface area contributed by atoms with E-state index in [0.29, 0.717) is 13.0 Å². The lowest BCUT2D eigenvalue weighted by molar-refractivity contribution is -0.384. The molecular formula is C16H19N5O2. The average molecular weight is 313 g/mol. The second-order valence-electron chi connectivity index (χ2n) is 5.27. The number of nitro groups is 1. The number of hydrogen-bond donors (Lipinski definition) is 1. The second kappa shape index (κ2) is 8.06. The molecule has 1 N–H and O–H groups in total. The molecule has 7 heteroatoms. The van der Waals surface area contributed by atoms with Crippen molar-refractivity contribution in [2.24, 2.45) is 7.05 Å². The summed E-state index contributed by atoms with van der Waals surface area (Å²) >= 11 is 0. The van der Waals surface area contributed by atoms with E-state index in [-0.39, 0.29) is 5.69 Å². The summed E-state index contributed by atoms with van der Waals surface area (Å²) < 4.78 is 1.74. The van der Waals surface area contributed by atoms with Gasteiger partial charge in [-0.3, -0.25) is 14.8 Å². The molecule has 0 amide bonds. The maximum absolute atomic E-state index is 10.7. The van der Waals surface area contributed by atoms with Gasteiger partial charge in [-0.05, 0) is 31.5 Å². The summed E-state index contributed by atoms with van der Waals surface area (Å²) in [7, 11) is 1.85. The average Bonchev–Trinajstić information content (AvgIpc) is 2.91. The van der Waals surface area contributed by atoms with E-state index in [1.807, 2.05) is 13.2 Å². The van der Waals surface area contributed by atoms with Gasteiger partial charge in [0.15, 0.2) is 0 Å². The highest BCUT2D eigenvalue weighted by Crippen LogP contribution is 2.24. The van der Waals surface area contributed by atoms with Crippen molar-refractivity contribution in [1.82, 2.24) is 15.1 Å². The number of rotatable bonds is 8. The van der Waals surface area contributed by atoms with Crippen molar-refractivity contribution in [3.05, 3.63) is 46.1 Å². The van der Waals surface area contributed by atoms with Crippen LogP contribution in [0.4, 0.5) is 5.69 Å². The van der Waals surface area contributed by atoms with E-state index < -0.39 is 4.92 Å². The third-order valence-corrected chi connectivity index (χ3v) is 3.46. The highest BCUT2D eigenvalue weighted by atomic mass is 16.6. The first-order valence-corrected chi connectivity index (χ1v) is 7.47. The van der Waals surface area contributed by atoms with Crippen molar-refractivity contribution in [2.75, 3.05) is 6.54 Å². The molecule has 0 bridgehead atoms. The zero-order chi connectivity index (χ0) is 16.7. The Bertz CT molecular complexity index is 700. The maximum atomic E-state index is 10.7. The van der Waals surface area contributed by atoms with Crippen molar-refractivity contribution in [2.45, 2.75) is 25.8 Å². The molecule has 0 aliphatic rings. The number of aryl methyl sites for hydroxylation is 1. The molecule has 0 atom stereocenters. The summed E-state index contributed by atoms with van der Waals surface area (Å²) in [6.07, 6.45) is 4.38. The van der Waals surface area contributed by atoms with E-state index in [2.05, 4.69) is 16.5 Å². The molecule has 7 nitrogen and oxygen atoms in total. The van der Waals surface area contributed by atoms with Crippen LogP contribution >= 0.6 is 0 Å². The van der Waals surface area contributed by atoms with Gasteiger partial charge in [-0.2, -0.15) is 10.4 Å². The summed E-state index contributed by atoms with van der Waals surface area (Å²) in [5.41, 5.74) is 2.80.